The maximum absolute atomic E-state index is 12.6. The zero-order chi connectivity index (χ0) is 16.6. The van der Waals surface area contributed by atoms with E-state index in [1.807, 2.05) is 6.07 Å². The van der Waals surface area contributed by atoms with E-state index in [1.165, 1.54) is 6.07 Å². The van der Waals surface area contributed by atoms with Gasteiger partial charge in [0.1, 0.15) is 6.04 Å². The van der Waals surface area contributed by atoms with Crippen LogP contribution in [0.1, 0.15) is 31.0 Å². The maximum Gasteiger partial charge on any atom is 0.251 e. The van der Waals surface area contributed by atoms with E-state index < -0.39 is 6.04 Å². The highest BCUT2D eigenvalue weighted by Gasteiger charge is 2.44. The number of fused-ring (bicyclic) bond motifs is 4. The van der Waals surface area contributed by atoms with Crippen molar-refractivity contribution in [3.05, 3.63) is 34.2 Å². The molecule has 0 saturated carbocycles. The number of rotatable bonds is 3. The van der Waals surface area contributed by atoms with Crippen molar-refractivity contribution in [2.75, 3.05) is 26.2 Å². The molecule has 7 nitrogen and oxygen atoms in total. The van der Waals surface area contributed by atoms with Crippen molar-refractivity contribution in [2.24, 2.45) is 11.7 Å². The summed E-state index contributed by atoms with van der Waals surface area (Å²) in [6, 6.07) is 4.51. The number of nitrogens with zero attached hydrogens (tertiary/aromatic N) is 2. The Kier molecular flexibility index (Phi) is 4.21. The summed E-state index contributed by atoms with van der Waals surface area (Å²) in [4.78, 5) is 38.6. The van der Waals surface area contributed by atoms with Gasteiger partial charge in [-0.1, -0.05) is 6.07 Å². The zero-order valence-corrected chi connectivity index (χ0v) is 13.2. The number of aromatic nitrogens is 1. The monoisotopic (exact) mass is 318 g/mol. The Labute approximate surface area is 134 Å². The van der Waals surface area contributed by atoms with Crippen LogP contribution in [0.3, 0.4) is 0 Å². The predicted octanol–water partition coefficient (Wildman–Crippen LogP) is -0.570. The highest BCUT2D eigenvalue weighted by molar-refractivity contribution is 5.81. The Bertz CT molecular complexity index is 684. The third-order valence-electron chi connectivity index (χ3n) is 4.80. The lowest BCUT2D eigenvalue weighted by atomic mass is 9.78. The Morgan fingerprint density at radius 3 is 2.83 bits per heavy atom. The summed E-state index contributed by atoms with van der Waals surface area (Å²) in [5.41, 5.74) is 6.13. The minimum absolute atomic E-state index is 0.00699. The number of hydrogen-bond acceptors (Lipinski definition) is 4. The van der Waals surface area contributed by atoms with Gasteiger partial charge < -0.3 is 16.0 Å². The molecule has 2 bridgehead atoms. The summed E-state index contributed by atoms with van der Waals surface area (Å²) >= 11 is 0. The first-order valence-corrected chi connectivity index (χ1v) is 7.97. The van der Waals surface area contributed by atoms with Crippen molar-refractivity contribution < 1.29 is 9.59 Å². The van der Waals surface area contributed by atoms with E-state index in [2.05, 4.69) is 5.32 Å². The average Bonchev–Trinajstić information content (AvgIpc) is 2.53. The van der Waals surface area contributed by atoms with E-state index in [4.69, 9.17) is 5.73 Å². The molecule has 7 heteroatoms. The van der Waals surface area contributed by atoms with Gasteiger partial charge in [0.15, 0.2) is 0 Å². The van der Waals surface area contributed by atoms with E-state index in [1.54, 1.807) is 22.5 Å². The van der Waals surface area contributed by atoms with Crippen molar-refractivity contribution in [1.82, 2.24) is 14.8 Å². The number of piperidine rings is 1. The molecule has 1 fully saturated rings. The van der Waals surface area contributed by atoms with Crippen LogP contribution in [-0.4, -0.2) is 47.5 Å². The second kappa shape index (κ2) is 6.16. The molecule has 0 unspecified atom stereocenters. The first kappa shape index (κ1) is 15.7. The Hall–Kier alpha value is -2.15. The van der Waals surface area contributed by atoms with Gasteiger partial charge in [0.2, 0.25) is 11.8 Å². The van der Waals surface area contributed by atoms with E-state index in [0.29, 0.717) is 26.2 Å². The minimum atomic E-state index is -0.580. The third-order valence-corrected chi connectivity index (χ3v) is 4.80. The summed E-state index contributed by atoms with van der Waals surface area (Å²) in [6.07, 6.45) is 0.813. The Morgan fingerprint density at radius 1 is 1.35 bits per heavy atom. The van der Waals surface area contributed by atoms with Gasteiger partial charge >= 0.3 is 0 Å². The first-order valence-electron chi connectivity index (χ1n) is 7.97. The summed E-state index contributed by atoms with van der Waals surface area (Å²) in [5.74, 6) is -0.139. The Balaban J connectivity index is 2.03. The SMILES string of the molecule is CC(=O)N1C[C@H]2C[C@@H](C1)[C@H](C(=O)NCCN)n1c2cccc1=O. The molecule has 2 aliphatic rings. The molecule has 2 amide bonds. The van der Waals surface area contributed by atoms with Gasteiger partial charge in [-0.3, -0.25) is 19.0 Å². The number of amides is 2. The first-order chi connectivity index (χ1) is 11.0. The fourth-order valence-electron chi connectivity index (χ4n) is 3.83. The van der Waals surface area contributed by atoms with Crippen LogP contribution in [-0.2, 0) is 9.59 Å². The number of nitrogens with one attached hydrogen (secondary N) is 1. The molecule has 1 aromatic heterocycles. The highest BCUT2D eigenvalue weighted by atomic mass is 16.2. The van der Waals surface area contributed by atoms with Crippen molar-refractivity contribution in [1.29, 1.82) is 0 Å². The standard InChI is InChI=1S/C16H22N4O3/c1-10(21)19-8-11-7-12(9-19)15(16(23)18-6-5-17)20-13(11)3-2-4-14(20)22/h2-4,11-12,15H,5-9,17H2,1H3,(H,18,23)/t11-,12+,15-/m1/s1. The number of pyridine rings is 1. The van der Waals surface area contributed by atoms with Gasteiger partial charge in [-0.05, 0) is 12.5 Å². The van der Waals surface area contributed by atoms with Crippen molar-refractivity contribution in [3.63, 3.8) is 0 Å². The molecule has 3 heterocycles. The molecule has 2 aliphatic heterocycles. The molecule has 0 radical (unpaired) electrons. The van der Waals surface area contributed by atoms with Crippen molar-refractivity contribution >= 4 is 11.8 Å². The lowest BCUT2D eigenvalue weighted by Crippen LogP contribution is -2.54. The number of nitrogens with two attached hydrogens (primary N) is 1. The maximum atomic E-state index is 12.6. The topological polar surface area (TPSA) is 97.4 Å². The summed E-state index contributed by atoms with van der Waals surface area (Å²) in [5, 5.41) is 2.79. The van der Waals surface area contributed by atoms with Crippen LogP contribution in [0, 0.1) is 5.92 Å². The second-order valence-corrected chi connectivity index (χ2v) is 6.30. The lowest BCUT2D eigenvalue weighted by molar-refractivity contribution is -0.135. The smallest absolute Gasteiger partial charge is 0.251 e. The molecular weight excluding hydrogens is 296 g/mol. The van der Waals surface area contributed by atoms with Gasteiger partial charge in [-0.2, -0.15) is 0 Å². The van der Waals surface area contributed by atoms with Crippen LogP contribution >= 0.6 is 0 Å². The molecule has 1 aromatic rings. The van der Waals surface area contributed by atoms with Crippen LogP contribution in [0.4, 0.5) is 0 Å². The van der Waals surface area contributed by atoms with E-state index in [-0.39, 0.29) is 29.2 Å². The molecule has 1 saturated heterocycles. The van der Waals surface area contributed by atoms with Gasteiger partial charge in [0.05, 0.1) is 0 Å². The number of hydrogen-bond donors (Lipinski definition) is 2. The minimum Gasteiger partial charge on any atom is -0.353 e. The number of carbonyl (C=O) groups is 2. The quantitative estimate of drug-likeness (QED) is 0.780. The van der Waals surface area contributed by atoms with Crippen LogP contribution in [0.15, 0.2) is 23.0 Å². The number of likely N-dealkylation sites (tertiary alicyclic amines) is 1. The Morgan fingerprint density at radius 2 is 2.13 bits per heavy atom. The summed E-state index contributed by atoms with van der Waals surface area (Å²) < 4.78 is 1.61. The molecule has 3 N–H and O–H groups in total. The van der Waals surface area contributed by atoms with Crippen LogP contribution in [0.5, 0.6) is 0 Å². The van der Waals surface area contributed by atoms with Crippen molar-refractivity contribution in [2.45, 2.75) is 25.3 Å². The molecule has 0 aromatic carbocycles. The molecule has 124 valence electrons. The van der Waals surface area contributed by atoms with Crippen LogP contribution < -0.4 is 16.6 Å². The molecular formula is C16H22N4O3. The molecule has 0 aliphatic carbocycles. The summed E-state index contributed by atoms with van der Waals surface area (Å²) in [6.45, 7) is 3.38. The lowest BCUT2D eigenvalue weighted by Gasteiger charge is -2.46. The van der Waals surface area contributed by atoms with Crippen molar-refractivity contribution in [3.8, 4) is 0 Å². The van der Waals surface area contributed by atoms with Gasteiger partial charge in [-0.25, -0.2) is 0 Å². The number of carbonyl (C=O) groups excluding carboxylic acids is 2. The third kappa shape index (κ3) is 2.76. The largest absolute Gasteiger partial charge is 0.353 e. The highest BCUT2D eigenvalue weighted by Crippen LogP contribution is 2.41. The average molecular weight is 318 g/mol. The van der Waals surface area contributed by atoms with E-state index in [0.717, 1.165) is 12.1 Å². The van der Waals surface area contributed by atoms with Crippen LogP contribution in [0.2, 0.25) is 0 Å². The van der Waals surface area contributed by atoms with Crippen LogP contribution in [0.25, 0.3) is 0 Å². The summed E-state index contributed by atoms with van der Waals surface area (Å²) in [7, 11) is 0. The van der Waals surface area contributed by atoms with Gasteiger partial charge in [0.25, 0.3) is 5.56 Å². The molecule has 3 rings (SSSR count). The normalized spacial score (nSPS) is 25.7. The van der Waals surface area contributed by atoms with E-state index in [9.17, 15) is 14.4 Å². The second-order valence-electron chi connectivity index (χ2n) is 6.30. The van der Waals surface area contributed by atoms with E-state index >= 15 is 0 Å². The van der Waals surface area contributed by atoms with Gasteiger partial charge in [-0.15, -0.1) is 0 Å². The zero-order valence-electron chi connectivity index (χ0n) is 13.2. The molecule has 23 heavy (non-hydrogen) atoms. The fourth-order valence-corrected chi connectivity index (χ4v) is 3.83. The molecule has 0 spiro atoms. The van der Waals surface area contributed by atoms with Gasteiger partial charge in [0, 0.05) is 56.7 Å². The predicted molar refractivity (Wildman–Crippen MR) is 84.9 cm³/mol. The molecule has 3 atom stereocenters. The fraction of sp³-hybridized carbons (Fsp3) is 0.562.